The van der Waals surface area contributed by atoms with Crippen LogP contribution in [0.15, 0.2) is 48.5 Å². The highest BCUT2D eigenvalue weighted by molar-refractivity contribution is 5.80. The zero-order valence-corrected chi connectivity index (χ0v) is 17.3. The minimum atomic E-state index is -0.102. The van der Waals surface area contributed by atoms with E-state index >= 15 is 0 Å². The monoisotopic (exact) mass is 406 g/mol. The molecule has 1 N–H and O–H groups in total. The van der Waals surface area contributed by atoms with Gasteiger partial charge >= 0.3 is 0 Å². The summed E-state index contributed by atoms with van der Waals surface area (Å²) in [6, 6.07) is 15.4. The van der Waals surface area contributed by atoms with Gasteiger partial charge < -0.3 is 19.7 Å². The highest BCUT2D eigenvalue weighted by atomic mass is 16.5. The molecule has 1 saturated heterocycles. The number of methoxy groups -OCH3 is 2. The summed E-state index contributed by atoms with van der Waals surface area (Å²) >= 11 is 0. The SMILES string of the molecule is COc1ccc(CNC(=O)C2CCCN(c3nc4ccccc4nc3OC)C2)cc1. The molecule has 1 atom stereocenters. The van der Waals surface area contributed by atoms with Crippen LogP contribution in [0, 0.1) is 5.92 Å². The van der Waals surface area contributed by atoms with Crippen LogP contribution in [0.1, 0.15) is 18.4 Å². The maximum atomic E-state index is 12.8. The summed E-state index contributed by atoms with van der Waals surface area (Å²) in [5, 5.41) is 3.06. The number of rotatable bonds is 6. The van der Waals surface area contributed by atoms with E-state index in [4.69, 9.17) is 14.5 Å². The lowest BCUT2D eigenvalue weighted by atomic mass is 9.97. The number of carbonyl (C=O) groups is 1. The molecule has 1 aromatic heterocycles. The first-order valence-electron chi connectivity index (χ1n) is 10.1. The van der Waals surface area contributed by atoms with Gasteiger partial charge in [0.05, 0.1) is 31.2 Å². The molecule has 1 aliphatic heterocycles. The first-order chi connectivity index (χ1) is 14.7. The molecule has 1 amide bonds. The largest absolute Gasteiger partial charge is 0.497 e. The molecule has 1 unspecified atom stereocenters. The summed E-state index contributed by atoms with van der Waals surface area (Å²) in [5.41, 5.74) is 2.65. The smallest absolute Gasteiger partial charge is 0.257 e. The van der Waals surface area contributed by atoms with Crippen molar-refractivity contribution in [3.63, 3.8) is 0 Å². The second kappa shape index (κ2) is 8.98. The molecular formula is C23H26N4O3. The number of para-hydroxylation sites is 2. The van der Waals surface area contributed by atoms with Crippen molar-refractivity contribution in [2.24, 2.45) is 5.92 Å². The number of hydrogen-bond donors (Lipinski definition) is 1. The Balaban J connectivity index is 1.44. The molecule has 1 aliphatic rings. The van der Waals surface area contributed by atoms with E-state index in [1.165, 1.54) is 0 Å². The zero-order valence-electron chi connectivity index (χ0n) is 17.3. The Hall–Kier alpha value is -3.35. The molecule has 2 heterocycles. The maximum Gasteiger partial charge on any atom is 0.257 e. The Morgan fingerprint density at radius 2 is 1.80 bits per heavy atom. The van der Waals surface area contributed by atoms with Crippen LogP contribution >= 0.6 is 0 Å². The molecule has 2 aromatic carbocycles. The van der Waals surface area contributed by atoms with Crippen molar-refractivity contribution in [1.29, 1.82) is 0 Å². The summed E-state index contributed by atoms with van der Waals surface area (Å²) in [5.74, 6) is 1.95. The molecular weight excluding hydrogens is 380 g/mol. The van der Waals surface area contributed by atoms with E-state index in [2.05, 4.69) is 15.2 Å². The van der Waals surface area contributed by atoms with E-state index in [9.17, 15) is 4.79 Å². The van der Waals surface area contributed by atoms with Crippen molar-refractivity contribution in [3.05, 3.63) is 54.1 Å². The number of benzene rings is 2. The number of ether oxygens (including phenoxy) is 2. The third-order valence-corrected chi connectivity index (χ3v) is 5.43. The molecule has 1 fully saturated rings. The van der Waals surface area contributed by atoms with Crippen LogP contribution in [0.4, 0.5) is 5.82 Å². The number of carbonyl (C=O) groups excluding carboxylic acids is 1. The highest BCUT2D eigenvalue weighted by Gasteiger charge is 2.28. The Kier molecular flexibility index (Phi) is 5.97. The number of nitrogens with one attached hydrogen (secondary N) is 1. The topological polar surface area (TPSA) is 76.6 Å². The van der Waals surface area contributed by atoms with Crippen molar-refractivity contribution >= 4 is 22.8 Å². The van der Waals surface area contributed by atoms with Gasteiger partial charge in [-0.05, 0) is 42.7 Å². The maximum absolute atomic E-state index is 12.8. The molecule has 30 heavy (non-hydrogen) atoms. The molecule has 3 aromatic rings. The first kappa shape index (κ1) is 19.9. The average Bonchev–Trinajstić information content (AvgIpc) is 2.82. The van der Waals surface area contributed by atoms with E-state index in [1.54, 1.807) is 14.2 Å². The zero-order chi connectivity index (χ0) is 20.9. The summed E-state index contributed by atoms with van der Waals surface area (Å²) in [6.07, 6.45) is 1.77. The predicted octanol–water partition coefficient (Wildman–Crippen LogP) is 3.18. The molecule has 0 spiro atoms. The summed E-state index contributed by atoms with van der Waals surface area (Å²) in [7, 11) is 3.24. The van der Waals surface area contributed by atoms with Crippen LogP contribution in [-0.4, -0.2) is 43.2 Å². The van der Waals surface area contributed by atoms with Gasteiger partial charge in [-0.2, -0.15) is 0 Å². The van der Waals surface area contributed by atoms with Gasteiger partial charge in [-0.25, -0.2) is 9.97 Å². The lowest BCUT2D eigenvalue weighted by molar-refractivity contribution is -0.125. The van der Waals surface area contributed by atoms with Crippen LogP contribution < -0.4 is 19.7 Å². The standard InChI is InChI=1S/C23H26N4O3/c1-29-18-11-9-16(10-12-18)14-24-22(28)17-6-5-13-27(15-17)21-23(30-2)26-20-8-4-3-7-19(20)25-21/h3-4,7-12,17H,5-6,13-15H2,1-2H3,(H,24,28). The quantitative estimate of drug-likeness (QED) is 0.678. The second-order valence-corrected chi connectivity index (χ2v) is 7.40. The first-order valence-corrected chi connectivity index (χ1v) is 10.1. The molecule has 0 aliphatic carbocycles. The number of hydrogen-bond acceptors (Lipinski definition) is 6. The van der Waals surface area contributed by atoms with Gasteiger partial charge in [0, 0.05) is 19.6 Å². The molecule has 0 radical (unpaired) electrons. The average molecular weight is 406 g/mol. The number of aromatic nitrogens is 2. The third-order valence-electron chi connectivity index (χ3n) is 5.43. The van der Waals surface area contributed by atoms with E-state index in [0.717, 1.165) is 41.7 Å². The summed E-state index contributed by atoms with van der Waals surface area (Å²) < 4.78 is 10.7. The van der Waals surface area contributed by atoms with Crippen molar-refractivity contribution < 1.29 is 14.3 Å². The highest BCUT2D eigenvalue weighted by Crippen LogP contribution is 2.30. The Morgan fingerprint density at radius 3 is 2.50 bits per heavy atom. The molecule has 4 rings (SSSR count). The molecule has 7 nitrogen and oxygen atoms in total. The number of piperidine rings is 1. The summed E-state index contributed by atoms with van der Waals surface area (Å²) in [4.78, 5) is 24.3. The molecule has 156 valence electrons. The fourth-order valence-electron chi connectivity index (χ4n) is 3.78. The predicted molar refractivity (Wildman–Crippen MR) is 116 cm³/mol. The van der Waals surface area contributed by atoms with E-state index in [1.807, 2.05) is 48.5 Å². The fourth-order valence-corrected chi connectivity index (χ4v) is 3.78. The third kappa shape index (κ3) is 4.30. The number of nitrogens with zero attached hydrogens (tertiary/aromatic N) is 3. The minimum absolute atomic E-state index is 0.0585. The van der Waals surface area contributed by atoms with Crippen LogP contribution in [-0.2, 0) is 11.3 Å². The van der Waals surface area contributed by atoms with Gasteiger partial charge in [-0.3, -0.25) is 4.79 Å². The summed E-state index contributed by atoms with van der Waals surface area (Å²) in [6.45, 7) is 1.92. The normalized spacial score (nSPS) is 16.3. The van der Waals surface area contributed by atoms with Crippen molar-refractivity contribution in [2.45, 2.75) is 19.4 Å². The van der Waals surface area contributed by atoms with Crippen LogP contribution in [0.25, 0.3) is 11.0 Å². The van der Waals surface area contributed by atoms with Crippen molar-refractivity contribution in [3.8, 4) is 11.6 Å². The Bertz CT molecular complexity index is 1020. The lowest BCUT2D eigenvalue weighted by Crippen LogP contribution is -2.43. The number of fused-ring (bicyclic) bond motifs is 1. The fraction of sp³-hybridized carbons (Fsp3) is 0.348. The van der Waals surface area contributed by atoms with Gasteiger partial charge in [0.1, 0.15) is 5.75 Å². The van der Waals surface area contributed by atoms with E-state index in [0.29, 0.717) is 24.8 Å². The second-order valence-electron chi connectivity index (χ2n) is 7.40. The van der Waals surface area contributed by atoms with Gasteiger partial charge in [-0.15, -0.1) is 0 Å². The Morgan fingerprint density at radius 1 is 1.07 bits per heavy atom. The van der Waals surface area contributed by atoms with Crippen LogP contribution in [0.3, 0.4) is 0 Å². The number of amides is 1. The van der Waals surface area contributed by atoms with Crippen LogP contribution in [0.5, 0.6) is 11.6 Å². The van der Waals surface area contributed by atoms with Gasteiger partial charge in [0.15, 0.2) is 5.82 Å². The van der Waals surface area contributed by atoms with E-state index < -0.39 is 0 Å². The van der Waals surface area contributed by atoms with Crippen molar-refractivity contribution in [2.75, 3.05) is 32.2 Å². The van der Waals surface area contributed by atoms with Crippen LogP contribution in [0.2, 0.25) is 0 Å². The van der Waals surface area contributed by atoms with Gasteiger partial charge in [0.25, 0.3) is 5.88 Å². The van der Waals surface area contributed by atoms with Gasteiger partial charge in [0.2, 0.25) is 5.91 Å². The van der Waals surface area contributed by atoms with Gasteiger partial charge in [-0.1, -0.05) is 24.3 Å². The number of anilines is 1. The Labute approximate surface area is 176 Å². The molecule has 7 heteroatoms. The lowest BCUT2D eigenvalue weighted by Gasteiger charge is -2.33. The molecule has 0 bridgehead atoms. The van der Waals surface area contributed by atoms with Crippen molar-refractivity contribution in [1.82, 2.24) is 15.3 Å². The molecule has 0 saturated carbocycles. The van der Waals surface area contributed by atoms with E-state index in [-0.39, 0.29) is 11.8 Å². The minimum Gasteiger partial charge on any atom is -0.497 e.